The van der Waals surface area contributed by atoms with E-state index < -0.39 is 24.2 Å². The Bertz CT molecular complexity index is 841. The van der Waals surface area contributed by atoms with Gasteiger partial charge in [-0.15, -0.1) is 0 Å². The standard InChI is InChI=1S/C19H18F3N3O3/c20-15-12-14(6-7-16(15)28-18(21)22)23-19(27)25-10-8-24(9-11-25)17(26)13-4-2-1-3-5-13/h1-7,12,18H,8-11H2,(H,23,27). The molecule has 0 aliphatic carbocycles. The fourth-order valence-electron chi connectivity index (χ4n) is 2.85. The number of carbonyl (C=O) groups excluding carboxylic acids is 2. The zero-order chi connectivity index (χ0) is 20.1. The highest BCUT2D eigenvalue weighted by Crippen LogP contribution is 2.23. The second kappa shape index (κ2) is 8.64. The molecule has 2 aromatic rings. The topological polar surface area (TPSA) is 61.9 Å². The van der Waals surface area contributed by atoms with E-state index >= 15 is 0 Å². The smallest absolute Gasteiger partial charge is 0.387 e. The molecule has 9 heteroatoms. The van der Waals surface area contributed by atoms with Crippen molar-refractivity contribution in [3.63, 3.8) is 0 Å². The molecule has 0 spiro atoms. The number of hydrogen-bond donors (Lipinski definition) is 1. The van der Waals surface area contributed by atoms with Crippen LogP contribution in [0.5, 0.6) is 5.75 Å². The van der Waals surface area contributed by atoms with Crippen molar-refractivity contribution in [2.24, 2.45) is 0 Å². The average Bonchev–Trinajstić information content (AvgIpc) is 2.70. The second-order valence-corrected chi connectivity index (χ2v) is 6.10. The Morgan fingerprint density at radius 1 is 0.964 bits per heavy atom. The lowest BCUT2D eigenvalue weighted by molar-refractivity contribution is -0.0521. The molecule has 28 heavy (non-hydrogen) atoms. The number of ether oxygens (including phenoxy) is 1. The highest BCUT2D eigenvalue weighted by molar-refractivity contribution is 5.94. The van der Waals surface area contributed by atoms with Crippen molar-refractivity contribution >= 4 is 17.6 Å². The van der Waals surface area contributed by atoms with Crippen LogP contribution in [-0.2, 0) is 0 Å². The molecule has 1 N–H and O–H groups in total. The molecule has 3 amide bonds. The number of amides is 3. The maximum Gasteiger partial charge on any atom is 0.387 e. The molecule has 0 saturated carbocycles. The van der Waals surface area contributed by atoms with Crippen LogP contribution in [0, 0.1) is 5.82 Å². The lowest BCUT2D eigenvalue weighted by Crippen LogP contribution is -2.51. The number of piperazine rings is 1. The number of carbonyl (C=O) groups is 2. The van der Waals surface area contributed by atoms with E-state index in [0.29, 0.717) is 31.7 Å². The molecule has 1 aliphatic rings. The molecule has 1 fully saturated rings. The minimum absolute atomic E-state index is 0.0997. The highest BCUT2D eigenvalue weighted by Gasteiger charge is 2.25. The summed E-state index contributed by atoms with van der Waals surface area (Å²) in [4.78, 5) is 27.9. The summed E-state index contributed by atoms with van der Waals surface area (Å²) in [7, 11) is 0. The quantitative estimate of drug-likeness (QED) is 0.866. The van der Waals surface area contributed by atoms with Gasteiger partial charge in [0, 0.05) is 43.5 Å². The molecule has 1 aliphatic heterocycles. The summed E-state index contributed by atoms with van der Waals surface area (Å²) in [6.07, 6.45) is 0. The normalized spacial score (nSPS) is 14.1. The van der Waals surface area contributed by atoms with Crippen LogP contribution in [0.2, 0.25) is 0 Å². The summed E-state index contributed by atoms with van der Waals surface area (Å²) in [5, 5.41) is 2.51. The number of anilines is 1. The van der Waals surface area contributed by atoms with Crippen molar-refractivity contribution in [1.82, 2.24) is 9.80 Å². The number of hydrogen-bond acceptors (Lipinski definition) is 3. The van der Waals surface area contributed by atoms with Gasteiger partial charge in [-0.2, -0.15) is 8.78 Å². The fourth-order valence-corrected chi connectivity index (χ4v) is 2.85. The van der Waals surface area contributed by atoms with Gasteiger partial charge in [0.05, 0.1) is 0 Å². The van der Waals surface area contributed by atoms with Crippen molar-refractivity contribution < 1.29 is 27.5 Å². The van der Waals surface area contributed by atoms with Gasteiger partial charge < -0.3 is 19.9 Å². The van der Waals surface area contributed by atoms with Crippen molar-refractivity contribution in [3.8, 4) is 5.75 Å². The lowest BCUT2D eigenvalue weighted by Gasteiger charge is -2.34. The number of nitrogens with zero attached hydrogens (tertiary/aromatic N) is 2. The van der Waals surface area contributed by atoms with Gasteiger partial charge >= 0.3 is 12.6 Å². The molecule has 1 heterocycles. The first kappa shape index (κ1) is 19.5. The molecule has 2 aromatic carbocycles. The second-order valence-electron chi connectivity index (χ2n) is 6.10. The molecule has 0 atom stereocenters. The van der Waals surface area contributed by atoms with Crippen LogP contribution in [0.3, 0.4) is 0 Å². The molecule has 0 radical (unpaired) electrons. The highest BCUT2D eigenvalue weighted by atomic mass is 19.3. The Morgan fingerprint density at radius 3 is 2.21 bits per heavy atom. The van der Waals surface area contributed by atoms with Crippen LogP contribution >= 0.6 is 0 Å². The van der Waals surface area contributed by atoms with Crippen molar-refractivity contribution in [2.45, 2.75) is 6.61 Å². The van der Waals surface area contributed by atoms with Crippen LogP contribution in [0.1, 0.15) is 10.4 Å². The number of nitrogens with one attached hydrogen (secondary N) is 1. The summed E-state index contributed by atoms with van der Waals surface area (Å²) >= 11 is 0. The van der Waals surface area contributed by atoms with E-state index in [-0.39, 0.29) is 11.6 Å². The van der Waals surface area contributed by atoms with Gasteiger partial charge in [0.1, 0.15) is 0 Å². The van der Waals surface area contributed by atoms with E-state index in [1.54, 1.807) is 29.2 Å². The van der Waals surface area contributed by atoms with E-state index in [1.807, 2.05) is 6.07 Å². The number of alkyl halides is 2. The predicted octanol–water partition coefficient (Wildman–Crippen LogP) is 3.42. The van der Waals surface area contributed by atoms with Crippen molar-refractivity contribution in [3.05, 3.63) is 59.9 Å². The minimum Gasteiger partial charge on any atom is -0.432 e. The van der Waals surface area contributed by atoms with Gasteiger partial charge in [-0.25, -0.2) is 9.18 Å². The maximum absolute atomic E-state index is 13.7. The largest absolute Gasteiger partial charge is 0.432 e. The molecule has 1 saturated heterocycles. The van der Waals surface area contributed by atoms with Crippen LogP contribution in [0.15, 0.2) is 48.5 Å². The van der Waals surface area contributed by atoms with Gasteiger partial charge in [-0.1, -0.05) is 18.2 Å². The summed E-state index contributed by atoms with van der Waals surface area (Å²) in [5.41, 5.74) is 0.703. The van der Waals surface area contributed by atoms with Gasteiger partial charge in [0.15, 0.2) is 11.6 Å². The number of urea groups is 1. The third kappa shape index (κ3) is 4.73. The van der Waals surface area contributed by atoms with E-state index in [2.05, 4.69) is 10.1 Å². The molecular weight excluding hydrogens is 375 g/mol. The first-order chi connectivity index (χ1) is 13.4. The number of halogens is 3. The Labute approximate surface area is 159 Å². The van der Waals surface area contributed by atoms with Gasteiger partial charge in [-0.05, 0) is 24.3 Å². The summed E-state index contributed by atoms with van der Waals surface area (Å²) in [6.45, 7) is -1.75. The lowest BCUT2D eigenvalue weighted by atomic mass is 10.2. The SMILES string of the molecule is O=C(Nc1ccc(OC(F)F)c(F)c1)N1CCN(C(=O)c2ccccc2)CC1. The number of benzene rings is 2. The molecule has 0 aromatic heterocycles. The number of rotatable bonds is 4. The van der Waals surface area contributed by atoms with Gasteiger partial charge in [0.2, 0.25) is 0 Å². The monoisotopic (exact) mass is 393 g/mol. The maximum atomic E-state index is 13.7. The molecular formula is C19H18F3N3O3. The third-order valence-corrected chi connectivity index (χ3v) is 4.27. The summed E-state index contributed by atoms with van der Waals surface area (Å²) in [6, 6.07) is 11.6. The first-order valence-corrected chi connectivity index (χ1v) is 8.58. The molecule has 148 valence electrons. The molecule has 3 rings (SSSR count). The summed E-state index contributed by atoms with van der Waals surface area (Å²) < 4.78 is 42.1. The Morgan fingerprint density at radius 2 is 1.61 bits per heavy atom. The first-order valence-electron chi connectivity index (χ1n) is 8.58. The average molecular weight is 393 g/mol. The Hall–Kier alpha value is -3.23. The van der Waals surface area contributed by atoms with Crippen molar-refractivity contribution in [1.29, 1.82) is 0 Å². The molecule has 6 nitrogen and oxygen atoms in total. The van der Waals surface area contributed by atoms with Crippen LogP contribution in [-0.4, -0.2) is 54.5 Å². The van der Waals surface area contributed by atoms with E-state index in [9.17, 15) is 22.8 Å². The Kier molecular flexibility index (Phi) is 6.03. The van der Waals surface area contributed by atoms with Crippen molar-refractivity contribution in [2.75, 3.05) is 31.5 Å². The zero-order valence-corrected chi connectivity index (χ0v) is 14.8. The minimum atomic E-state index is -3.13. The van der Waals surface area contributed by atoms with Gasteiger partial charge in [0.25, 0.3) is 5.91 Å². The van der Waals surface area contributed by atoms with E-state index in [1.165, 1.54) is 11.0 Å². The third-order valence-electron chi connectivity index (χ3n) is 4.27. The Balaban J connectivity index is 1.54. The van der Waals surface area contributed by atoms with Crippen LogP contribution in [0.4, 0.5) is 23.7 Å². The van der Waals surface area contributed by atoms with Gasteiger partial charge in [-0.3, -0.25) is 4.79 Å². The fraction of sp³-hybridized carbons (Fsp3) is 0.263. The summed E-state index contributed by atoms with van der Waals surface area (Å²) in [5.74, 6) is -1.70. The van der Waals surface area contributed by atoms with Crippen LogP contribution in [0.25, 0.3) is 0 Å². The molecule has 0 bridgehead atoms. The molecule has 0 unspecified atom stereocenters. The van der Waals surface area contributed by atoms with Crippen LogP contribution < -0.4 is 10.1 Å². The predicted molar refractivity (Wildman–Crippen MR) is 96.0 cm³/mol. The van der Waals surface area contributed by atoms with E-state index in [0.717, 1.165) is 12.1 Å². The van der Waals surface area contributed by atoms with E-state index in [4.69, 9.17) is 0 Å². The zero-order valence-electron chi connectivity index (χ0n) is 14.8.